The second kappa shape index (κ2) is 11.6. The molecule has 1 heterocycles. The number of para-hydroxylation sites is 1. The Morgan fingerprint density at radius 3 is 2.18 bits per heavy atom. The highest BCUT2D eigenvalue weighted by Gasteiger charge is 2.12. The van der Waals surface area contributed by atoms with E-state index in [-0.39, 0.29) is 5.76 Å². The monoisotopic (exact) mass is 376 g/mol. The molecular formula is C25H32N2O. The van der Waals surface area contributed by atoms with E-state index in [1.54, 1.807) is 0 Å². The van der Waals surface area contributed by atoms with Crippen molar-refractivity contribution < 1.29 is 5.11 Å². The van der Waals surface area contributed by atoms with E-state index in [4.69, 9.17) is 10.5 Å². The third-order valence-electron chi connectivity index (χ3n) is 4.49. The van der Waals surface area contributed by atoms with Crippen LogP contribution < -0.4 is 0 Å². The van der Waals surface area contributed by atoms with E-state index in [2.05, 4.69) is 74.7 Å². The quantitative estimate of drug-likeness (QED) is 0.285. The second-order valence-electron chi connectivity index (χ2n) is 6.35. The predicted octanol–water partition coefficient (Wildman–Crippen LogP) is 6.85. The predicted molar refractivity (Wildman–Crippen MR) is 123 cm³/mol. The molecule has 0 bridgehead atoms. The molecule has 1 aromatic heterocycles. The van der Waals surface area contributed by atoms with Crippen molar-refractivity contribution in [3.05, 3.63) is 96.9 Å². The zero-order valence-corrected chi connectivity index (χ0v) is 17.3. The fourth-order valence-corrected chi connectivity index (χ4v) is 2.84. The minimum Gasteiger partial charge on any atom is -0.513 e. The van der Waals surface area contributed by atoms with Crippen molar-refractivity contribution in [1.82, 2.24) is 4.57 Å². The number of fused-ring (bicyclic) bond motifs is 1. The second-order valence-corrected chi connectivity index (χ2v) is 6.35. The van der Waals surface area contributed by atoms with Crippen molar-refractivity contribution in [1.29, 1.82) is 5.41 Å². The van der Waals surface area contributed by atoms with Gasteiger partial charge in [0.15, 0.2) is 0 Å². The van der Waals surface area contributed by atoms with E-state index >= 15 is 0 Å². The number of allylic oxidation sites excluding steroid dienone is 1. The summed E-state index contributed by atoms with van der Waals surface area (Å²) >= 11 is 0. The van der Waals surface area contributed by atoms with Crippen molar-refractivity contribution in [3.8, 4) is 0 Å². The highest BCUT2D eigenvalue weighted by molar-refractivity contribution is 6.10. The summed E-state index contributed by atoms with van der Waals surface area (Å²) in [6.45, 7) is 16.3. The van der Waals surface area contributed by atoms with Crippen LogP contribution in [0.3, 0.4) is 0 Å². The van der Waals surface area contributed by atoms with Crippen LogP contribution in [-0.4, -0.2) is 15.4 Å². The molecule has 0 aliphatic carbocycles. The number of aliphatic hydroxyl groups excluding tert-OH is 1. The van der Waals surface area contributed by atoms with Crippen LogP contribution in [0.1, 0.15) is 37.0 Å². The van der Waals surface area contributed by atoms with Gasteiger partial charge >= 0.3 is 0 Å². The molecule has 28 heavy (non-hydrogen) atoms. The lowest BCUT2D eigenvalue weighted by atomic mass is 9.99. The molecule has 148 valence electrons. The Morgan fingerprint density at radius 2 is 1.61 bits per heavy atom. The minimum absolute atomic E-state index is 0.255. The average Bonchev–Trinajstić information content (AvgIpc) is 3.10. The maximum atomic E-state index is 8.52. The largest absolute Gasteiger partial charge is 0.513 e. The normalized spacial score (nSPS) is 9.68. The average molecular weight is 377 g/mol. The smallest absolute Gasteiger partial charge is 0.0848 e. The first kappa shape index (κ1) is 23.0. The molecule has 0 saturated carbocycles. The van der Waals surface area contributed by atoms with E-state index in [0.717, 1.165) is 12.1 Å². The van der Waals surface area contributed by atoms with Crippen molar-refractivity contribution in [2.75, 3.05) is 0 Å². The number of nitrogens with one attached hydrogen (secondary N) is 1. The van der Waals surface area contributed by atoms with Gasteiger partial charge in [-0.25, -0.2) is 0 Å². The first-order valence-corrected chi connectivity index (χ1v) is 9.54. The number of benzene rings is 2. The van der Waals surface area contributed by atoms with Crippen molar-refractivity contribution in [2.24, 2.45) is 0 Å². The van der Waals surface area contributed by atoms with Crippen LogP contribution in [-0.2, 0) is 13.0 Å². The van der Waals surface area contributed by atoms with Crippen molar-refractivity contribution in [3.63, 3.8) is 0 Å². The number of nitrogens with zero attached hydrogens (tertiary/aromatic N) is 1. The summed E-state index contributed by atoms with van der Waals surface area (Å²) in [5, 5.41) is 17.9. The molecule has 0 spiro atoms. The molecule has 3 aromatic rings. The topological polar surface area (TPSA) is 49.0 Å². The van der Waals surface area contributed by atoms with Crippen LogP contribution in [0.5, 0.6) is 0 Å². The number of rotatable bonds is 5. The highest BCUT2D eigenvalue weighted by Crippen LogP contribution is 2.23. The third-order valence-corrected chi connectivity index (χ3v) is 4.49. The van der Waals surface area contributed by atoms with Crippen LogP contribution >= 0.6 is 0 Å². The molecule has 0 unspecified atom stereocenters. The first-order chi connectivity index (χ1) is 13.5. The Labute approximate surface area is 169 Å². The molecule has 0 fully saturated rings. The molecular weight excluding hydrogens is 344 g/mol. The summed E-state index contributed by atoms with van der Waals surface area (Å²) in [6, 6.07) is 16.7. The third kappa shape index (κ3) is 5.98. The van der Waals surface area contributed by atoms with E-state index in [1.165, 1.54) is 22.0 Å². The van der Waals surface area contributed by atoms with Gasteiger partial charge in [0.25, 0.3) is 0 Å². The lowest BCUT2D eigenvalue weighted by molar-refractivity contribution is 0.397. The Hall–Kier alpha value is -3.07. The van der Waals surface area contributed by atoms with Crippen LogP contribution in [0, 0.1) is 12.3 Å². The number of aryl methyl sites for hydroxylation is 2. The van der Waals surface area contributed by atoms with Crippen LogP contribution in [0.4, 0.5) is 0 Å². The van der Waals surface area contributed by atoms with Crippen LogP contribution in [0.25, 0.3) is 10.9 Å². The van der Waals surface area contributed by atoms with Gasteiger partial charge in [0, 0.05) is 47.8 Å². The molecule has 0 saturated heterocycles. The molecule has 0 amide bonds. The summed E-state index contributed by atoms with van der Waals surface area (Å²) in [4.78, 5) is 0. The van der Waals surface area contributed by atoms with Gasteiger partial charge in [-0.15, -0.1) is 13.2 Å². The number of hydrogen-bond donors (Lipinski definition) is 2. The van der Waals surface area contributed by atoms with Crippen LogP contribution in [0.2, 0.25) is 0 Å². The van der Waals surface area contributed by atoms with Crippen LogP contribution in [0.15, 0.2) is 80.2 Å². The lowest BCUT2D eigenvalue weighted by Crippen LogP contribution is -2.04. The lowest BCUT2D eigenvalue weighted by Gasteiger charge is -2.06. The van der Waals surface area contributed by atoms with E-state index in [1.807, 2.05) is 25.1 Å². The molecule has 3 nitrogen and oxygen atoms in total. The molecule has 0 radical (unpaired) electrons. The standard InChI is InChI=1S/C19H20N2.C4H8O.C2H4/c1-3-21-13-17(16-10-6-7-11-19(16)21)18(20)12-15-9-5-4-8-14(15)2;1-3-4(2)5;1-2/h4-11,13,20H,3,12H2,1-2H3;5H,2-3H2,1H3;1-2H2. The summed E-state index contributed by atoms with van der Waals surface area (Å²) < 4.78 is 2.22. The summed E-state index contributed by atoms with van der Waals surface area (Å²) in [7, 11) is 0. The summed E-state index contributed by atoms with van der Waals surface area (Å²) in [5.74, 6) is 0.255. The van der Waals surface area contributed by atoms with E-state index in [0.29, 0.717) is 18.6 Å². The van der Waals surface area contributed by atoms with Gasteiger partial charge in [0.05, 0.1) is 5.76 Å². The maximum absolute atomic E-state index is 8.52. The van der Waals surface area contributed by atoms with E-state index in [9.17, 15) is 0 Å². The number of aromatic nitrogens is 1. The van der Waals surface area contributed by atoms with Gasteiger partial charge in [-0.05, 0) is 31.0 Å². The molecule has 3 rings (SSSR count). The zero-order valence-electron chi connectivity index (χ0n) is 17.3. The van der Waals surface area contributed by atoms with Gasteiger partial charge in [0.2, 0.25) is 0 Å². The Bertz CT molecular complexity index is 921. The Kier molecular flexibility index (Phi) is 9.52. The fourth-order valence-electron chi connectivity index (χ4n) is 2.84. The molecule has 2 aromatic carbocycles. The zero-order chi connectivity index (χ0) is 21.1. The van der Waals surface area contributed by atoms with Gasteiger partial charge in [0.1, 0.15) is 0 Å². The van der Waals surface area contributed by atoms with Crippen molar-refractivity contribution in [2.45, 2.75) is 40.2 Å². The summed E-state index contributed by atoms with van der Waals surface area (Å²) in [5.41, 5.74) is 5.44. The van der Waals surface area contributed by atoms with Crippen molar-refractivity contribution >= 4 is 16.6 Å². The van der Waals surface area contributed by atoms with Gasteiger partial charge in [-0.1, -0.05) is 56.0 Å². The number of hydrogen-bond acceptors (Lipinski definition) is 2. The molecule has 3 heteroatoms. The molecule has 0 aliphatic rings. The Balaban J connectivity index is 0.000000490. The molecule has 0 atom stereocenters. The maximum Gasteiger partial charge on any atom is 0.0848 e. The first-order valence-electron chi connectivity index (χ1n) is 9.54. The van der Waals surface area contributed by atoms with E-state index < -0.39 is 0 Å². The molecule has 0 aliphatic heterocycles. The number of aliphatic hydroxyl groups is 1. The Morgan fingerprint density at radius 1 is 1.04 bits per heavy atom. The minimum atomic E-state index is 0.255. The highest BCUT2D eigenvalue weighted by atomic mass is 16.3. The summed E-state index contributed by atoms with van der Waals surface area (Å²) in [6.07, 6.45) is 3.47. The SMILES string of the molecule is C=C.C=C(O)CC.CCn1cc(C(=N)Cc2ccccc2C)c2ccccc21. The van der Waals surface area contributed by atoms with Gasteiger partial charge < -0.3 is 15.1 Å². The van der Waals surface area contributed by atoms with Gasteiger partial charge in [-0.3, -0.25) is 0 Å². The fraction of sp³-hybridized carbons (Fsp3) is 0.240. The molecule has 2 N–H and O–H groups in total. The van der Waals surface area contributed by atoms with Gasteiger partial charge in [-0.2, -0.15) is 0 Å².